The zero-order valence-corrected chi connectivity index (χ0v) is 13.6. The summed E-state index contributed by atoms with van der Waals surface area (Å²) in [6, 6.07) is 16.9. The van der Waals surface area contributed by atoms with E-state index in [0.717, 1.165) is 12.0 Å². The first-order valence-electron chi connectivity index (χ1n) is 7.26. The highest BCUT2D eigenvalue weighted by Crippen LogP contribution is 2.28. The fourth-order valence-electron chi connectivity index (χ4n) is 2.47. The molecule has 0 aliphatic rings. The molecule has 0 bridgehead atoms. The monoisotopic (exact) mass is 317 g/mol. The number of halogens is 1. The van der Waals surface area contributed by atoms with Crippen molar-refractivity contribution < 1.29 is 9.53 Å². The molecule has 0 radical (unpaired) electrons. The molecule has 1 amide bonds. The van der Waals surface area contributed by atoms with Gasteiger partial charge in [0.2, 0.25) is 0 Å². The Hall–Kier alpha value is -1.84. The molecule has 2 aromatic rings. The Kier molecular flexibility index (Phi) is 5.58. The first kappa shape index (κ1) is 16.5. The Morgan fingerprint density at radius 1 is 1.14 bits per heavy atom. The van der Waals surface area contributed by atoms with Gasteiger partial charge in [0.25, 0.3) is 5.91 Å². The highest BCUT2D eigenvalue weighted by Gasteiger charge is 2.30. The number of nitrogens with one attached hydrogen (secondary N) is 1. The van der Waals surface area contributed by atoms with E-state index < -0.39 is 5.60 Å². The Labute approximate surface area is 136 Å². The molecule has 3 nitrogen and oxygen atoms in total. The standard InChI is InChI=1S/C18H20ClNO2/c1-3-18(22-2,14-9-5-4-6-10-14)13-20-17(21)15-11-7-8-12-16(15)19/h4-12H,3,13H2,1-2H3,(H,20,21)/t18-/m0/s1. The molecular weight excluding hydrogens is 298 g/mol. The second kappa shape index (κ2) is 7.43. The average molecular weight is 318 g/mol. The topological polar surface area (TPSA) is 38.3 Å². The van der Waals surface area contributed by atoms with Crippen LogP contribution in [0, 0.1) is 0 Å². The smallest absolute Gasteiger partial charge is 0.252 e. The average Bonchev–Trinajstić information content (AvgIpc) is 2.57. The fraction of sp³-hybridized carbons (Fsp3) is 0.278. The van der Waals surface area contributed by atoms with E-state index in [0.29, 0.717) is 17.1 Å². The van der Waals surface area contributed by atoms with Gasteiger partial charge in [-0.2, -0.15) is 0 Å². The Morgan fingerprint density at radius 2 is 1.77 bits per heavy atom. The molecule has 0 fully saturated rings. The van der Waals surface area contributed by atoms with E-state index in [-0.39, 0.29) is 5.91 Å². The van der Waals surface area contributed by atoms with Gasteiger partial charge in [-0.25, -0.2) is 0 Å². The van der Waals surface area contributed by atoms with Crippen LogP contribution in [0.25, 0.3) is 0 Å². The molecule has 0 heterocycles. The van der Waals surface area contributed by atoms with E-state index in [1.807, 2.05) is 37.3 Å². The van der Waals surface area contributed by atoms with Crippen molar-refractivity contribution in [1.29, 1.82) is 0 Å². The van der Waals surface area contributed by atoms with Crippen LogP contribution in [0.2, 0.25) is 5.02 Å². The molecule has 4 heteroatoms. The van der Waals surface area contributed by atoms with Crippen LogP contribution in [-0.2, 0) is 10.3 Å². The molecule has 0 aliphatic heterocycles. The van der Waals surface area contributed by atoms with Gasteiger partial charge < -0.3 is 10.1 Å². The summed E-state index contributed by atoms with van der Waals surface area (Å²) in [5, 5.41) is 3.38. The highest BCUT2D eigenvalue weighted by atomic mass is 35.5. The summed E-state index contributed by atoms with van der Waals surface area (Å²) in [5.41, 5.74) is 0.968. The zero-order chi connectivity index (χ0) is 16.0. The van der Waals surface area contributed by atoms with Crippen molar-refractivity contribution in [3.05, 3.63) is 70.7 Å². The lowest BCUT2D eigenvalue weighted by molar-refractivity contribution is -0.0164. The summed E-state index contributed by atoms with van der Waals surface area (Å²) in [6.07, 6.45) is 0.746. The quantitative estimate of drug-likeness (QED) is 0.873. The summed E-state index contributed by atoms with van der Waals surface area (Å²) in [4.78, 5) is 12.3. The van der Waals surface area contributed by atoms with Gasteiger partial charge >= 0.3 is 0 Å². The molecular formula is C18H20ClNO2. The molecule has 1 N–H and O–H groups in total. The van der Waals surface area contributed by atoms with Gasteiger partial charge in [-0.05, 0) is 24.1 Å². The number of hydrogen-bond donors (Lipinski definition) is 1. The molecule has 0 saturated carbocycles. The van der Waals surface area contributed by atoms with Gasteiger partial charge in [0.05, 0.1) is 17.1 Å². The van der Waals surface area contributed by atoms with Crippen LogP contribution in [0.5, 0.6) is 0 Å². The molecule has 1 atom stereocenters. The third-order valence-corrected chi connectivity index (χ3v) is 4.24. The Balaban J connectivity index is 2.16. The van der Waals surface area contributed by atoms with E-state index >= 15 is 0 Å². The molecule has 0 aromatic heterocycles. The number of rotatable bonds is 6. The van der Waals surface area contributed by atoms with E-state index in [4.69, 9.17) is 16.3 Å². The molecule has 2 aromatic carbocycles. The van der Waals surface area contributed by atoms with Crippen molar-refractivity contribution in [2.75, 3.05) is 13.7 Å². The minimum atomic E-state index is -0.543. The largest absolute Gasteiger partial charge is 0.372 e. The van der Waals surface area contributed by atoms with E-state index in [9.17, 15) is 4.79 Å². The summed E-state index contributed by atoms with van der Waals surface area (Å²) >= 11 is 6.06. The number of carbonyl (C=O) groups is 1. The van der Waals surface area contributed by atoms with Crippen molar-refractivity contribution in [1.82, 2.24) is 5.32 Å². The minimum Gasteiger partial charge on any atom is -0.372 e. The van der Waals surface area contributed by atoms with Gasteiger partial charge in [-0.3, -0.25) is 4.79 Å². The lowest BCUT2D eigenvalue weighted by atomic mass is 9.90. The van der Waals surface area contributed by atoms with Crippen LogP contribution in [0.1, 0.15) is 29.3 Å². The molecule has 0 aliphatic carbocycles. The number of amides is 1. The molecule has 0 spiro atoms. The third kappa shape index (κ3) is 3.49. The van der Waals surface area contributed by atoms with Crippen LogP contribution in [0.15, 0.2) is 54.6 Å². The number of hydrogen-bond acceptors (Lipinski definition) is 2. The predicted molar refractivity (Wildman–Crippen MR) is 89.2 cm³/mol. The first-order valence-corrected chi connectivity index (χ1v) is 7.64. The molecule has 22 heavy (non-hydrogen) atoms. The van der Waals surface area contributed by atoms with Crippen molar-refractivity contribution in [3.8, 4) is 0 Å². The van der Waals surface area contributed by atoms with Crippen molar-refractivity contribution in [2.45, 2.75) is 18.9 Å². The lowest BCUT2D eigenvalue weighted by Crippen LogP contribution is -2.42. The molecule has 2 rings (SSSR count). The van der Waals surface area contributed by atoms with Crippen LogP contribution in [-0.4, -0.2) is 19.6 Å². The SMILES string of the molecule is CC[C@@](CNC(=O)c1ccccc1Cl)(OC)c1ccccc1. The predicted octanol–water partition coefficient (Wildman–Crippen LogP) is 4.02. The van der Waals surface area contributed by atoms with Crippen molar-refractivity contribution in [3.63, 3.8) is 0 Å². The van der Waals surface area contributed by atoms with Gasteiger partial charge in [-0.15, -0.1) is 0 Å². The van der Waals surface area contributed by atoms with E-state index in [1.54, 1.807) is 31.4 Å². The van der Waals surface area contributed by atoms with Crippen molar-refractivity contribution in [2.24, 2.45) is 0 Å². The Bertz CT molecular complexity index is 624. The molecule has 116 valence electrons. The fourth-order valence-corrected chi connectivity index (χ4v) is 2.69. The number of benzene rings is 2. The Morgan fingerprint density at radius 3 is 2.36 bits per heavy atom. The molecule has 0 unspecified atom stereocenters. The summed E-state index contributed by atoms with van der Waals surface area (Å²) < 4.78 is 5.74. The van der Waals surface area contributed by atoms with Gasteiger partial charge in [0.15, 0.2) is 0 Å². The third-order valence-electron chi connectivity index (χ3n) is 3.91. The van der Waals surface area contributed by atoms with Crippen LogP contribution >= 0.6 is 11.6 Å². The normalized spacial score (nSPS) is 13.4. The maximum absolute atomic E-state index is 12.3. The van der Waals surface area contributed by atoms with E-state index in [2.05, 4.69) is 5.32 Å². The zero-order valence-electron chi connectivity index (χ0n) is 12.8. The van der Waals surface area contributed by atoms with Gasteiger partial charge in [0.1, 0.15) is 5.60 Å². The van der Waals surface area contributed by atoms with Crippen LogP contribution in [0.3, 0.4) is 0 Å². The lowest BCUT2D eigenvalue weighted by Gasteiger charge is -2.32. The summed E-state index contributed by atoms with van der Waals surface area (Å²) in [7, 11) is 1.66. The number of ether oxygens (including phenoxy) is 1. The maximum Gasteiger partial charge on any atom is 0.252 e. The second-order valence-corrected chi connectivity index (χ2v) is 5.49. The minimum absolute atomic E-state index is 0.198. The summed E-state index contributed by atoms with van der Waals surface area (Å²) in [6.45, 7) is 2.42. The highest BCUT2D eigenvalue weighted by molar-refractivity contribution is 6.33. The van der Waals surface area contributed by atoms with Crippen LogP contribution in [0.4, 0.5) is 0 Å². The van der Waals surface area contributed by atoms with Gasteiger partial charge in [0, 0.05) is 7.11 Å². The number of carbonyl (C=O) groups excluding carboxylic acids is 1. The van der Waals surface area contributed by atoms with E-state index in [1.165, 1.54) is 0 Å². The van der Waals surface area contributed by atoms with Gasteiger partial charge in [-0.1, -0.05) is 61.0 Å². The number of methoxy groups -OCH3 is 1. The first-order chi connectivity index (χ1) is 10.6. The van der Waals surface area contributed by atoms with Crippen LogP contribution < -0.4 is 5.32 Å². The molecule has 0 saturated heterocycles. The second-order valence-electron chi connectivity index (χ2n) is 5.08. The van der Waals surface area contributed by atoms with Crippen molar-refractivity contribution >= 4 is 17.5 Å². The maximum atomic E-state index is 12.3. The summed E-state index contributed by atoms with van der Waals surface area (Å²) in [5.74, 6) is -0.198.